The van der Waals surface area contributed by atoms with Crippen LogP contribution in [0.4, 0.5) is 11.4 Å². The Morgan fingerprint density at radius 2 is 2.00 bits per heavy atom. The van der Waals surface area contributed by atoms with Crippen molar-refractivity contribution in [2.24, 2.45) is 11.8 Å². The van der Waals surface area contributed by atoms with Crippen molar-refractivity contribution in [2.45, 2.75) is 46.0 Å². The number of anilines is 2. The van der Waals surface area contributed by atoms with Crippen LogP contribution in [0.15, 0.2) is 18.2 Å². The zero-order chi connectivity index (χ0) is 15.7. The first kappa shape index (κ1) is 15.1. The average Bonchev–Trinajstić information content (AvgIpc) is 2.43. The van der Waals surface area contributed by atoms with Gasteiger partial charge in [-0.3, -0.25) is 9.59 Å². The van der Waals surface area contributed by atoms with Gasteiger partial charge in [0.15, 0.2) is 0 Å². The number of fused-ring (bicyclic) bond motifs is 1. The second kappa shape index (κ2) is 6.11. The van der Waals surface area contributed by atoms with Gasteiger partial charge in [0, 0.05) is 29.8 Å². The molecule has 0 atom stereocenters. The van der Waals surface area contributed by atoms with E-state index < -0.39 is 0 Å². The lowest BCUT2D eigenvalue weighted by Crippen LogP contribution is -2.38. The van der Waals surface area contributed by atoms with E-state index in [-0.39, 0.29) is 23.7 Å². The minimum Gasteiger partial charge on any atom is -0.326 e. The average molecular weight is 300 g/mol. The van der Waals surface area contributed by atoms with Gasteiger partial charge in [-0.1, -0.05) is 26.3 Å². The Hall–Kier alpha value is -1.84. The van der Waals surface area contributed by atoms with Crippen LogP contribution in [0.2, 0.25) is 0 Å². The SMILES string of the molecule is CC(C)C(=O)N1CCCc2ccc(NC(=O)C3CCC3)cc21. The predicted molar refractivity (Wildman–Crippen MR) is 87.9 cm³/mol. The maximum atomic E-state index is 12.4. The van der Waals surface area contributed by atoms with E-state index in [4.69, 9.17) is 0 Å². The van der Waals surface area contributed by atoms with E-state index in [2.05, 4.69) is 5.32 Å². The Morgan fingerprint density at radius 3 is 2.64 bits per heavy atom. The Bertz CT molecular complexity index is 591. The first-order valence-corrected chi connectivity index (χ1v) is 8.31. The largest absolute Gasteiger partial charge is 0.326 e. The lowest BCUT2D eigenvalue weighted by atomic mass is 9.85. The third-order valence-corrected chi connectivity index (χ3v) is 4.71. The lowest BCUT2D eigenvalue weighted by molar-refractivity contribution is -0.122. The van der Waals surface area contributed by atoms with E-state index in [0.717, 1.165) is 50.0 Å². The third kappa shape index (κ3) is 2.87. The van der Waals surface area contributed by atoms with Crippen molar-refractivity contribution in [1.29, 1.82) is 0 Å². The Labute approximate surface area is 131 Å². The number of nitrogens with zero attached hydrogens (tertiary/aromatic N) is 1. The zero-order valence-electron chi connectivity index (χ0n) is 13.4. The van der Waals surface area contributed by atoms with Crippen LogP contribution in [-0.4, -0.2) is 18.4 Å². The van der Waals surface area contributed by atoms with Gasteiger partial charge in [0.2, 0.25) is 11.8 Å². The maximum absolute atomic E-state index is 12.4. The summed E-state index contributed by atoms with van der Waals surface area (Å²) in [5.41, 5.74) is 2.97. The molecule has 0 aromatic heterocycles. The van der Waals surface area contributed by atoms with Crippen molar-refractivity contribution in [1.82, 2.24) is 0 Å². The fourth-order valence-corrected chi connectivity index (χ4v) is 3.11. The van der Waals surface area contributed by atoms with Gasteiger partial charge in [0.1, 0.15) is 0 Å². The minimum absolute atomic E-state index is 0.0147. The van der Waals surface area contributed by atoms with Gasteiger partial charge in [-0.05, 0) is 43.4 Å². The minimum atomic E-state index is -0.0147. The van der Waals surface area contributed by atoms with Gasteiger partial charge in [-0.15, -0.1) is 0 Å². The van der Waals surface area contributed by atoms with Crippen molar-refractivity contribution in [2.75, 3.05) is 16.8 Å². The van der Waals surface area contributed by atoms with Crippen LogP contribution in [-0.2, 0) is 16.0 Å². The van der Waals surface area contributed by atoms with Crippen LogP contribution in [0.3, 0.4) is 0 Å². The van der Waals surface area contributed by atoms with Gasteiger partial charge in [0.25, 0.3) is 0 Å². The predicted octanol–water partition coefficient (Wildman–Crippen LogP) is 3.36. The van der Waals surface area contributed by atoms with E-state index in [1.165, 1.54) is 5.56 Å². The number of rotatable bonds is 3. The first-order valence-electron chi connectivity index (χ1n) is 8.31. The molecule has 1 fully saturated rings. The molecule has 118 valence electrons. The Kier molecular flexibility index (Phi) is 4.19. The zero-order valence-corrected chi connectivity index (χ0v) is 13.4. The molecule has 0 unspecified atom stereocenters. The highest BCUT2D eigenvalue weighted by molar-refractivity contribution is 5.98. The number of carbonyl (C=O) groups excluding carboxylic acids is 2. The van der Waals surface area contributed by atoms with Crippen LogP contribution in [0, 0.1) is 11.8 Å². The van der Waals surface area contributed by atoms with Gasteiger partial charge in [-0.2, -0.15) is 0 Å². The number of amides is 2. The fraction of sp³-hybridized carbons (Fsp3) is 0.556. The van der Waals surface area contributed by atoms with Crippen molar-refractivity contribution in [3.8, 4) is 0 Å². The number of carbonyl (C=O) groups is 2. The van der Waals surface area contributed by atoms with Gasteiger partial charge >= 0.3 is 0 Å². The summed E-state index contributed by atoms with van der Waals surface area (Å²) in [5, 5.41) is 3.01. The molecule has 0 saturated heterocycles. The molecule has 1 aromatic carbocycles. The summed E-state index contributed by atoms with van der Waals surface area (Å²) in [4.78, 5) is 26.4. The molecule has 1 aromatic rings. The molecule has 1 heterocycles. The number of hydrogen-bond acceptors (Lipinski definition) is 2. The molecule has 0 spiro atoms. The van der Waals surface area contributed by atoms with Crippen LogP contribution in [0.25, 0.3) is 0 Å². The van der Waals surface area contributed by atoms with E-state index in [9.17, 15) is 9.59 Å². The molecule has 0 radical (unpaired) electrons. The van der Waals surface area contributed by atoms with E-state index in [1.807, 2.05) is 36.9 Å². The summed E-state index contributed by atoms with van der Waals surface area (Å²) in [6.07, 6.45) is 5.13. The Balaban J connectivity index is 1.82. The number of nitrogens with one attached hydrogen (secondary N) is 1. The summed E-state index contributed by atoms with van der Waals surface area (Å²) in [6, 6.07) is 5.97. The molecule has 22 heavy (non-hydrogen) atoms. The number of hydrogen-bond donors (Lipinski definition) is 1. The summed E-state index contributed by atoms with van der Waals surface area (Å²) in [7, 11) is 0. The van der Waals surface area contributed by atoms with Crippen LogP contribution >= 0.6 is 0 Å². The van der Waals surface area contributed by atoms with Crippen LogP contribution in [0.5, 0.6) is 0 Å². The molecule has 2 amide bonds. The topological polar surface area (TPSA) is 49.4 Å². The highest BCUT2D eigenvalue weighted by atomic mass is 16.2. The number of aryl methyl sites for hydroxylation is 1. The van der Waals surface area contributed by atoms with Crippen LogP contribution < -0.4 is 10.2 Å². The first-order chi connectivity index (χ1) is 10.6. The molecule has 3 rings (SSSR count). The fourth-order valence-electron chi connectivity index (χ4n) is 3.11. The van der Waals surface area contributed by atoms with Gasteiger partial charge < -0.3 is 10.2 Å². The molecule has 1 saturated carbocycles. The molecule has 1 aliphatic heterocycles. The van der Waals surface area contributed by atoms with E-state index >= 15 is 0 Å². The maximum Gasteiger partial charge on any atom is 0.229 e. The normalized spacial score (nSPS) is 17.9. The highest BCUT2D eigenvalue weighted by Crippen LogP contribution is 2.32. The summed E-state index contributed by atoms with van der Waals surface area (Å²) >= 11 is 0. The second-order valence-corrected chi connectivity index (χ2v) is 6.71. The summed E-state index contributed by atoms with van der Waals surface area (Å²) < 4.78 is 0. The van der Waals surface area contributed by atoms with Crippen molar-refractivity contribution < 1.29 is 9.59 Å². The molecule has 2 aliphatic rings. The Morgan fingerprint density at radius 1 is 1.23 bits per heavy atom. The lowest BCUT2D eigenvalue weighted by Gasteiger charge is -2.31. The molecule has 1 N–H and O–H groups in total. The molecule has 4 heteroatoms. The third-order valence-electron chi connectivity index (χ3n) is 4.71. The number of benzene rings is 1. The second-order valence-electron chi connectivity index (χ2n) is 6.71. The van der Waals surface area contributed by atoms with Gasteiger partial charge in [-0.25, -0.2) is 0 Å². The standard InChI is InChI=1S/C18H24N2O2/c1-12(2)18(22)20-10-4-7-13-8-9-15(11-16(13)20)19-17(21)14-5-3-6-14/h8-9,11-12,14H,3-7,10H2,1-2H3,(H,19,21). The monoisotopic (exact) mass is 300 g/mol. The molecule has 0 bridgehead atoms. The quantitative estimate of drug-likeness (QED) is 0.930. The molecule has 1 aliphatic carbocycles. The van der Waals surface area contributed by atoms with E-state index in [1.54, 1.807) is 0 Å². The molecular formula is C18H24N2O2. The van der Waals surface area contributed by atoms with Crippen molar-refractivity contribution >= 4 is 23.2 Å². The summed E-state index contributed by atoms with van der Waals surface area (Å²) in [5.74, 6) is 0.427. The van der Waals surface area contributed by atoms with Gasteiger partial charge in [0.05, 0.1) is 0 Å². The highest BCUT2D eigenvalue weighted by Gasteiger charge is 2.27. The smallest absolute Gasteiger partial charge is 0.229 e. The van der Waals surface area contributed by atoms with Crippen molar-refractivity contribution in [3.63, 3.8) is 0 Å². The van der Waals surface area contributed by atoms with Crippen molar-refractivity contribution in [3.05, 3.63) is 23.8 Å². The van der Waals surface area contributed by atoms with E-state index in [0.29, 0.717) is 0 Å². The molecular weight excluding hydrogens is 276 g/mol. The van der Waals surface area contributed by atoms with Crippen LogP contribution in [0.1, 0.15) is 45.1 Å². The summed E-state index contributed by atoms with van der Waals surface area (Å²) in [6.45, 7) is 4.63. The molecule has 4 nitrogen and oxygen atoms in total.